The molecule has 1 rings (SSSR count). The molecule has 0 saturated carbocycles. The van der Waals surface area contributed by atoms with E-state index in [-0.39, 0.29) is 12.4 Å². The summed E-state index contributed by atoms with van der Waals surface area (Å²) in [5.74, 6) is 0.0220. The fraction of sp³-hybridized carbons (Fsp3) is 0.467. The SMILES string of the molecule is CC(C)(OC(=O)CCSCCC(=O)O)c1ccccc1. The first-order valence-electron chi connectivity index (χ1n) is 6.49. The van der Waals surface area contributed by atoms with Crippen LogP contribution in [0.1, 0.15) is 32.3 Å². The summed E-state index contributed by atoms with van der Waals surface area (Å²) in [6, 6.07) is 9.59. The van der Waals surface area contributed by atoms with Crippen molar-refractivity contribution in [3.63, 3.8) is 0 Å². The van der Waals surface area contributed by atoms with Crippen molar-refractivity contribution in [3.05, 3.63) is 35.9 Å². The minimum atomic E-state index is -0.815. The van der Waals surface area contributed by atoms with Crippen LogP contribution in [0.4, 0.5) is 0 Å². The molecule has 0 unspecified atom stereocenters. The van der Waals surface area contributed by atoms with Gasteiger partial charge < -0.3 is 9.84 Å². The highest BCUT2D eigenvalue weighted by Crippen LogP contribution is 2.25. The van der Waals surface area contributed by atoms with Crippen molar-refractivity contribution in [3.8, 4) is 0 Å². The van der Waals surface area contributed by atoms with Gasteiger partial charge >= 0.3 is 11.9 Å². The number of ether oxygens (including phenoxy) is 1. The van der Waals surface area contributed by atoms with Crippen molar-refractivity contribution < 1.29 is 19.4 Å². The molecule has 0 heterocycles. The number of carboxylic acids is 1. The molecule has 110 valence electrons. The van der Waals surface area contributed by atoms with Crippen molar-refractivity contribution in [1.29, 1.82) is 0 Å². The molecule has 0 spiro atoms. The normalized spacial score (nSPS) is 11.1. The van der Waals surface area contributed by atoms with Gasteiger partial charge in [0, 0.05) is 11.5 Å². The van der Waals surface area contributed by atoms with E-state index < -0.39 is 11.6 Å². The molecule has 4 nitrogen and oxygen atoms in total. The van der Waals surface area contributed by atoms with Gasteiger partial charge in [0.1, 0.15) is 5.60 Å². The summed E-state index contributed by atoms with van der Waals surface area (Å²) in [5.41, 5.74) is 0.302. The largest absolute Gasteiger partial charge is 0.481 e. The number of carbonyl (C=O) groups excluding carboxylic acids is 1. The number of carboxylic acid groups (broad SMARTS) is 1. The fourth-order valence-electron chi connectivity index (χ4n) is 1.65. The lowest BCUT2D eigenvalue weighted by molar-refractivity contribution is -0.156. The first-order chi connectivity index (χ1) is 9.42. The summed E-state index contributed by atoms with van der Waals surface area (Å²) in [6.45, 7) is 3.72. The van der Waals surface area contributed by atoms with Crippen LogP contribution in [0.5, 0.6) is 0 Å². The number of thioether (sulfide) groups is 1. The lowest BCUT2D eigenvalue weighted by Gasteiger charge is -2.25. The minimum Gasteiger partial charge on any atom is -0.481 e. The number of carbonyl (C=O) groups is 2. The number of aliphatic carboxylic acids is 1. The van der Waals surface area contributed by atoms with Crippen LogP contribution in [0.3, 0.4) is 0 Å². The number of benzene rings is 1. The maximum Gasteiger partial charge on any atom is 0.307 e. The molecule has 1 aromatic carbocycles. The second-order valence-corrected chi connectivity index (χ2v) is 6.08. The zero-order chi connectivity index (χ0) is 15.0. The van der Waals surface area contributed by atoms with E-state index in [0.29, 0.717) is 17.9 Å². The summed E-state index contributed by atoms with van der Waals surface area (Å²) in [4.78, 5) is 22.1. The minimum absolute atomic E-state index is 0.120. The van der Waals surface area contributed by atoms with Crippen LogP contribution >= 0.6 is 11.8 Å². The Kier molecular flexibility index (Phi) is 6.58. The molecule has 1 aromatic rings. The lowest BCUT2D eigenvalue weighted by Crippen LogP contribution is -2.25. The van der Waals surface area contributed by atoms with E-state index in [1.54, 1.807) is 0 Å². The summed E-state index contributed by atoms with van der Waals surface area (Å²) < 4.78 is 5.48. The Bertz CT molecular complexity index is 442. The molecule has 0 aliphatic rings. The van der Waals surface area contributed by atoms with E-state index in [1.807, 2.05) is 44.2 Å². The van der Waals surface area contributed by atoms with Crippen LogP contribution < -0.4 is 0 Å². The van der Waals surface area contributed by atoms with Crippen LogP contribution in [-0.2, 0) is 19.9 Å². The van der Waals surface area contributed by atoms with Crippen LogP contribution in [-0.4, -0.2) is 28.6 Å². The van der Waals surface area contributed by atoms with Gasteiger partial charge in [-0.3, -0.25) is 9.59 Å². The molecule has 0 amide bonds. The predicted molar refractivity (Wildman–Crippen MR) is 79.8 cm³/mol. The zero-order valence-electron chi connectivity index (χ0n) is 11.8. The maximum absolute atomic E-state index is 11.8. The molecule has 0 bridgehead atoms. The molecule has 0 fully saturated rings. The molecule has 1 N–H and O–H groups in total. The first-order valence-corrected chi connectivity index (χ1v) is 7.64. The van der Waals surface area contributed by atoms with E-state index in [1.165, 1.54) is 11.8 Å². The molecule has 0 saturated heterocycles. The molecular formula is C15H20O4S. The van der Waals surface area contributed by atoms with E-state index in [2.05, 4.69) is 0 Å². The summed E-state index contributed by atoms with van der Waals surface area (Å²) in [5, 5.41) is 8.50. The van der Waals surface area contributed by atoms with Crippen molar-refractivity contribution in [1.82, 2.24) is 0 Å². The molecule has 0 aliphatic heterocycles. The lowest BCUT2D eigenvalue weighted by atomic mass is 9.98. The second kappa shape index (κ2) is 7.94. The monoisotopic (exact) mass is 296 g/mol. The van der Waals surface area contributed by atoms with E-state index >= 15 is 0 Å². The molecule has 0 radical (unpaired) electrons. The Hall–Kier alpha value is -1.49. The van der Waals surface area contributed by atoms with Gasteiger partial charge in [0.25, 0.3) is 0 Å². The fourth-order valence-corrected chi connectivity index (χ4v) is 2.49. The van der Waals surface area contributed by atoms with Gasteiger partial charge in [-0.25, -0.2) is 0 Å². The Labute approximate surface area is 123 Å². The van der Waals surface area contributed by atoms with Crippen molar-refractivity contribution >= 4 is 23.7 Å². The summed E-state index contributed by atoms with van der Waals surface area (Å²) in [6.07, 6.45) is 0.412. The molecule has 0 aliphatic carbocycles. The maximum atomic E-state index is 11.8. The van der Waals surface area contributed by atoms with Crippen LogP contribution in [0.25, 0.3) is 0 Å². The van der Waals surface area contributed by atoms with Crippen molar-refractivity contribution in [2.75, 3.05) is 11.5 Å². The van der Waals surface area contributed by atoms with Gasteiger partial charge in [0.15, 0.2) is 0 Å². The summed E-state index contributed by atoms with van der Waals surface area (Å²) >= 11 is 1.45. The third kappa shape index (κ3) is 6.10. The Balaban J connectivity index is 2.33. The Morgan fingerprint density at radius 2 is 1.75 bits per heavy atom. The number of rotatable bonds is 8. The third-order valence-electron chi connectivity index (χ3n) is 2.75. The summed E-state index contributed by atoms with van der Waals surface area (Å²) in [7, 11) is 0. The van der Waals surface area contributed by atoms with Crippen molar-refractivity contribution in [2.24, 2.45) is 0 Å². The van der Waals surface area contributed by atoms with Gasteiger partial charge in [-0.1, -0.05) is 30.3 Å². The zero-order valence-corrected chi connectivity index (χ0v) is 12.6. The smallest absolute Gasteiger partial charge is 0.307 e. The number of esters is 1. The highest BCUT2D eigenvalue weighted by molar-refractivity contribution is 7.99. The van der Waals surface area contributed by atoms with E-state index in [9.17, 15) is 9.59 Å². The van der Waals surface area contributed by atoms with Crippen LogP contribution in [0.15, 0.2) is 30.3 Å². The molecule has 0 aromatic heterocycles. The Morgan fingerprint density at radius 1 is 1.15 bits per heavy atom. The number of hydrogen-bond donors (Lipinski definition) is 1. The van der Waals surface area contributed by atoms with Gasteiger partial charge in [0.05, 0.1) is 12.8 Å². The molecule has 20 heavy (non-hydrogen) atoms. The van der Waals surface area contributed by atoms with Crippen LogP contribution in [0, 0.1) is 0 Å². The van der Waals surface area contributed by atoms with Crippen LogP contribution in [0.2, 0.25) is 0 Å². The van der Waals surface area contributed by atoms with Gasteiger partial charge in [-0.15, -0.1) is 0 Å². The molecule has 0 atom stereocenters. The van der Waals surface area contributed by atoms with E-state index in [4.69, 9.17) is 9.84 Å². The van der Waals surface area contributed by atoms with Gasteiger partial charge in [-0.05, 0) is 19.4 Å². The average molecular weight is 296 g/mol. The quantitative estimate of drug-likeness (QED) is 0.590. The number of hydrogen-bond acceptors (Lipinski definition) is 4. The first kappa shape index (κ1) is 16.6. The second-order valence-electron chi connectivity index (χ2n) is 4.86. The Morgan fingerprint density at radius 3 is 2.35 bits per heavy atom. The van der Waals surface area contributed by atoms with Crippen molar-refractivity contribution in [2.45, 2.75) is 32.3 Å². The average Bonchev–Trinajstić information content (AvgIpc) is 2.38. The molecule has 5 heteroatoms. The predicted octanol–water partition coefficient (Wildman–Crippen LogP) is 3.06. The standard InChI is InChI=1S/C15H20O4S/c1-15(2,12-6-4-3-5-7-12)19-14(18)9-11-20-10-8-13(16)17/h3-7H,8-11H2,1-2H3,(H,16,17). The third-order valence-corrected chi connectivity index (χ3v) is 3.73. The van der Waals surface area contributed by atoms with E-state index in [0.717, 1.165) is 5.56 Å². The highest BCUT2D eigenvalue weighted by atomic mass is 32.2. The van der Waals surface area contributed by atoms with Gasteiger partial charge in [0.2, 0.25) is 0 Å². The highest BCUT2D eigenvalue weighted by Gasteiger charge is 2.24. The van der Waals surface area contributed by atoms with Gasteiger partial charge in [-0.2, -0.15) is 11.8 Å². The molecular weight excluding hydrogens is 276 g/mol. The topological polar surface area (TPSA) is 63.6 Å².